The number of carbonyl (C=O) groups is 3. The summed E-state index contributed by atoms with van der Waals surface area (Å²) in [5.41, 5.74) is 3.89. The quantitative estimate of drug-likeness (QED) is 0.182. The molecule has 0 aromatic heterocycles. The number of benzene rings is 1. The maximum atomic E-state index is 13.4. The van der Waals surface area contributed by atoms with Gasteiger partial charge in [0.25, 0.3) is 5.91 Å². The molecule has 162 valence electrons. The fourth-order valence-corrected chi connectivity index (χ4v) is 5.98. The van der Waals surface area contributed by atoms with E-state index in [0.29, 0.717) is 23.3 Å². The Morgan fingerprint density at radius 3 is 2.10 bits per heavy atom. The highest BCUT2D eigenvalue weighted by Crippen LogP contribution is 2.55. The lowest BCUT2D eigenvalue weighted by atomic mass is 9.53. The molecule has 4 saturated carbocycles. The van der Waals surface area contributed by atoms with E-state index in [0.717, 1.165) is 19.3 Å². The predicted molar refractivity (Wildman–Crippen MR) is 112 cm³/mol. The number of nitrogens with one attached hydrogen (secondary N) is 3. The van der Waals surface area contributed by atoms with Crippen molar-refractivity contribution in [2.75, 3.05) is 0 Å². The van der Waals surface area contributed by atoms with Crippen molar-refractivity contribution in [2.45, 2.75) is 50.0 Å². The molecule has 0 spiro atoms. The van der Waals surface area contributed by atoms with E-state index in [-0.39, 0.29) is 11.3 Å². The molecule has 1 aromatic carbocycles. The fraction of sp³-hybridized carbons (Fsp3) is 0.500. The van der Waals surface area contributed by atoms with Crippen molar-refractivity contribution in [1.29, 1.82) is 5.26 Å². The summed E-state index contributed by atoms with van der Waals surface area (Å²) in [7, 11) is 0. The lowest BCUT2D eigenvalue weighted by Gasteiger charge is -2.56. The van der Waals surface area contributed by atoms with E-state index in [9.17, 15) is 19.6 Å². The van der Waals surface area contributed by atoms with Crippen LogP contribution in [0.5, 0.6) is 0 Å². The van der Waals surface area contributed by atoms with Crippen LogP contribution in [0.4, 0.5) is 0 Å². The molecule has 1 atom stereocenters. The Morgan fingerprint density at radius 1 is 1.00 bits per heavy atom. The molecule has 9 heteroatoms. The molecule has 5 N–H and O–H groups in total. The molecule has 4 aliphatic carbocycles. The molecule has 1 aromatic rings. The van der Waals surface area contributed by atoms with Crippen molar-refractivity contribution in [2.24, 2.45) is 28.7 Å². The zero-order chi connectivity index (χ0) is 22.0. The minimum absolute atomic E-state index is 0.150. The van der Waals surface area contributed by atoms with Gasteiger partial charge in [0.1, 0.15) is 11.6 Å². The Morgan fingerprint density at radius 2 is 1.58 bits per heavy atom. The second kappa shape index (κ2) is 8.47. The highest BCUT2D eigenvalue weighted by molar-refractivity contribution is 6.42. The average Bonchev–Trinajstić information content (AvgIpc) is 2.75. The molecule has 31 heavy (non-hydrogen) atoms. The first-order valence-corrected chi connectivity index (χ1v) is 10.6. The monoisotopic (exact) mass is 422 g/mol. The third kappa shape index (κ3) is 4.30. The first kappa shape index (κ1) is 21.0. The number of carbonyl (C=O) groups excluding carboxylic acids is 3. The van der Waals surface area contributed by atoms with Gasteiger partial charge in [0.2, 0.25) is 0 Å². The lowest BCUT2D eigenvalue weighted by molar-refractivity contribution is -0.139. The van der Waals surface area contributed by atoms with E-state index in [1.54, 1.807) is 35.8 Å². The summed E-state index contributed by atoms with van der Waals surface area (Å²) < 4.78 is 0. The Labute approximate surface area is 180 Å². The summed E-state index contributed by atoms with van der Waals surface area (Å²) in [6.45, 7) is 0. The average molecular weight is 422 g/mol. The molecule has 3 amide bonds. The maximum absolute atomic E-state index is 13.4. The number of hydrazine groups is 1. The number of nitrogens with two attached hydrogens (primary N) is 1. The van der Waals surface area contributed by atoms with Crippen LogP contribution in [0.25, 0.3) is 0 Å². The molecular weight excluding hydrogens is 396 g/mol. The van der Waals surface area contributed by atoms with Crippen molar-refractivity contribution in [3.63, 3.8) is 0 Å². The summed E-state index contributed by atoms with van der Waals surface area (Å²) >= 11 is 0. The van der Waals surface area contributed by atoms with Crippen LogP contribution in [-0.2, 0) is 14.4 Å². The lowest BCUT2D eigenvalue weighted by Crippen LogP contribution is -2.61. The third-order valence-corrected chi connectivity index (χ3v) is 6.80. The van der Waals surface area contributed by atoms with Crippen LogP contribution in [0.3, 0.4) is 0 Å². The molecule has 5 rings (SSSR count). The number of nitriles is 1. The number of hydrogen-bond donors (Lipinski definition) is 4. The third-order valence-electron chi connectivity index (χ3n) is 6.80. The summed E-state index contributed by atoms with van der Waals surface area (Å²) in [6.07, 6.45) is 6.48. The van der Waals surface area contributed by atoms with Crippen molar-refractivity contribution in [3.8, 4) is 6.07 Å². The minimum Gasteiger partial charge on any atom is -0.345 e. The molecule has 1 unspecified atom stereocenters. The standard InChI is InChI=1S/C22H26N6O3/c23-12-17(16-4-2-1-3-5-16)18(27-28-21(31)20(30)26-24)19(29)25-22-9-13-6-14(10-22)8-15(7-13)11-22/h1-5,13-15,17H,6-11,24H2,(H,25,29)(H,26,30)(H,28,31). The van der Waals surface area contributed by atoms with E-state index < -0.39 is 23.6 Å². The van der Waals surface area contributed by atoms with Crippen LogP contribution in [0, 0.1) is 29.1 Å². The van der Waals surface area contributed by atoms with Crippen molar-refractivity contribution < 1.29 is 14.4 Å². The molecule has 0 heterocycles. The van der Waals surface area contributed by atoms with Crippen LogP contribution in [0.15, 0.2) is 35.4 Å². The summed E-state index contributed by atoms with van der Waals surface area (Å²) in [6, 6.07) is 10.9. The zero-order valence-electron chi connectivity index (χ0n) is 17.1. The second-order valence-corrected chi connectivity index (χ2v) is 9.04. The Hall–Kier alpha value is -3.25. The van der Waals surface area contributed by atoms with Gasteiger partial charge in [-0.3, -0.25) is 19.8 Å². The van der Waals surface area contributed by atoms with Crippen molar-refractivity contribution in [3.05, 3.63) is 35.9 Å². The van der Waals surface area contributed by atoms with E-state index in [2.05, 4.69) is 21.9 Å². The largest absolute Gasteiger partial charge is 0.345 e. The molecule has 0 saturated heterocycles. The first-order chi connectivity index (χ1) is 14.9. The van der Waals surface area contributed by atoms with Gasteiger partial charge in [0, 0.05) is 5.54 Å². The van der Waals surface area contributed by atoms with Gasteiger partial charge in [-0.2, -0.15) is 10.4 Å². The molecule has 0 radical (unpaired) electrons. The fourth-order valence-electron chi connectivity index (χ4n) is 5.98. The number of rotatable bonds is 5. The SMILES string of the molecule is N#CC(C(=NNC(=O)C(=O)NN)C(=O)NC12CC3CC(CC(C3)C1)C2)c1ccccc1. The van der Waals surface area contributed by atoms with Gasteiger partial charge in [-0.15, -0.1) is 0 Å². The van der Waals surface area contributed by atoms with Crippen LogP contribution in [0.1, 0.15) is 50.0 Å². The molecule has 9 nitrogen and oxygen atoms in total. The maximum Gasteiger partial charge on any atom is 0.330 e. The molecule has 0 aliphatic heterocycles. The Bertz CT molecular complexity index is 916. The van der Waals surface area contributed by atoms with E-state index in [1.807, 2.05) is 0 Å². The highest BCUT2D eigenvalue weighted by atomic mass is 16.2. The molecular formula is C22H26N6O3. The minimum atomic E-state index is -1.12. The summed E-state index contributed by atoms with van der Waals surface area (Å²) in [4.78, 5) is 36.6. The van der Waals surface area contributed by atoms with Crippen LogP contribution < -0.4 is 22.0 Å². The van der Waals surface area contributed by atoms with Crippen LogP contribution >= 0.6 is 0 Å². The van der Waals surface area contributed by atoms with E-state index in [1.165, 1.54) is 19.3 Å². The van der Waals surface area contributed by atoms with Crippen LogP contribution in [0.2, 0.25) is 0 Å². The van der Waals surface area contributed by atoms with E-state index >= 15 is 0 Å². The van der Waals surface area contributed by atoms with Crippen LogP contribution in [-0.4, -0.2) is 29.0 Å². The van der Waals surface area contributed by atoms with Gasteiger partial charge in [-0.1, -0.05) is 30.3 Å². The van der Waals surface area contributed by atoms with Gasteiger partial charge < -0.3 is 5.32 Å². The van der Waals surface area contributed by atoms with Gasteiger partial charge in [-0.25, -0.2) is 11.3 Å². The number of hydrogen-bond acceptors (Lipinski definition) is 6. The normalized spacial score (nSPS) is 29.5. The summed E-state index contributed by atoms with van der Waals surface area (Å²) in [5, 5.41) is 16.9. The number of amides is 3. The van der Waals surface area contributed by atoms with Crippen molar-refractivity contribution >= 4 is 23.4 Å². The predicted octanol–water partition coefficient (Wildman–Crippen LogP) is 0.841. The van der Waals surface area contributed by atoms with Crippen molar-refractivity contribution in [1.82, 2.24) is 16.2 Å². The molecule has 4 fully saturated rings. The number of hydrazone groups is 1. The smallest absolute Gasteiger partial charge is 0.330 e. The van der Waals surface area contributed by atoms with Gasteiger partial charge in [-0.05, 0) is 61.8 Å². The van der Waals surface area contributed by atoms with Gasteiger partial charge in [0.05, 0.1) is 6.07 Å². The first-order valence-electron chi connectivity index (χ1n) is 10.6. The molecule has 4 aliphatic rings. The molecule has 4 bridgehead atoms. The Kier molecular flexibility index (Phi) is 5.74. The van der Waals surface area contributed by atoms with E-state index in [4.69, 9.17) is 5.84 Å². The topological polar surface area (TPSA) is 149 Å². The second-order valence-electron chi connectivity index (χ2n) is 9.04. The highest BCUT2D eigenvalue weighted by Gasteiger charge is 2.52. The van der Waals surface area contributed by atoms with Gasteiger partial charge in [0.15, 0.2) is 0 Å². The van der Waals surface area contributed by atoms with Gasteiger partial charge >= 0.3 is 11.8 Å². The number of nitrogens with zero attached hydrogens (tertiary/aromatic N) is 2. The zero-order valence-corrected chi connectivity index (χ0v) is 17.1. The summed E-state index contributed by atoms with van der Waals surface area (Å²) in [5.74, 6) is 3.13. The Balaban J connectivity index is 1.60.